The number of benzene rings is 1. The number of nitrogens with zero attached hydrogens (tertiary/aromatic N) is 1. The molecule has 0 fully saturated rings. The zero-order valence-corrected chi connectivity index (χ0v) is 15.4. The summed E-state index contributed by atoms with van der Waals surface area (Å²) in [6.45, 7) is 5.17. The molecule has 128 valence electrons. The number of rotatable bonds is 7. The molecule has 0 unspecified atom stereocenters. The van der Waals surface area contributed by atoms with Gasteiger partial charge in [-0.25, -0.2) is 0 Å². The molecule has 0 saturated carbocycles. The molecule has 1 amide bonds. The van der Waals surface area contributed by atoms with Crippen LogP contribution in [0.4, 0.5) is 0 Å². The quantitative estimate of drug-likeness (QED) is 0.743. The Morgan fingerprint density at radius 3 is 2.62 bits per heavy atom. The zero-order chi connectivity index (χ0) is 17.5. The largest absolute Gasteiger partial charge is 0.493 e. The summed E-state index contributed by atoms with van der Waals surface area (Å²) in [6.07, 6.45) is 3.82. The van der Waals surface area contributed by atoms with Crippen LogP contribution < -0.4 is 9.47 Å². The minimum absolute atomic E-state index is 0.0161. The van der Waals surface area contributed by atoms with E-state index >= 15 is 0 Å². The van der Waals surface area contributed by atoms with Gasteiger partial charge in [-0.3, -0.25) is 4.79 Å². The van der Waals surface area contributed by atoms with Crippen molar-refractivity contribution in [3.63, 3.8) is 0 Å². The van der Waals surface area contributed by atoms with Crippen LogP contribution in [0.5, 0.6) is 11.5 Å². The maximum Gasteiger partial charge on any atom is 0.254 e. The van der Waals surface area contributed by atoms with E-state index in [1.165, 1.54) is 4.88 Å². The normalized spacial score (nSPS) is 10.8. The topological polar surface area (TPSA) is 38.8 Å². The minimum atomic E-state index is -0.0161. The van der Waals surface area contributed by atoms with Crippen molar-refractivity contribution in [2.45, 2.75) is 20.4 Å². The van der Waals surface area contributed by atoms with Gasteiger partial charge >= 0.3 is 0 Å². The molecule has 0 radical (unpaired) electrons. The van der Waals surface area contributed by atoms with Crippen LogP contribution in [-0.2, 0) is 6.54 Å². The monoisotopic (exact) mass is 345 g/mol. The zero-order valence-electron chi connectivity index (χ0n) is 14.5. The molecular formula is C19H23NO3S. The van der Waals surface area contributed by atoms with Gasteiger partial charge in [0.1, 0.15) is 0 Å². The van der Waals surface area contributed by atoms with Crippen molar-refractivity contribution in [2.75, 3.05) is 20.8 Å². The molecule has 0 bridgehead atoms. The maximum atomic E-state index is 12.9. The highest BCUT2D eigenvalue weighted by molar-refractivity contribution is 7.09. The molecule has 0 N–H and O–H groups in total. The molecule has 5 heteroatoms. The number of allylic oxidation sites excluding steroid dienone is 1. The third kappa shape index (κ3) is 3.97. The summed E-state index contributed by atoms with van der Waals surface area (Å²) in [7, 11) is 3.18. The van der Waals surface area contributed by atoms with E-state index in [1.807, 2.05) is 54.5 Å². The Kier molecular flexibility index (Phi) is 6.44. The number of carbonyl (C=O) groups is 1. The Balaban J connectivity index is 2.38. The highest BCUT2D eigenvalue weighted by Gasteiger charge is 2.19. The van der Waals surface area contributed by atoms with Crippen LogP contribution in [-0.4, -0.2) is 31.6 Å². The smallest absolute Gasteiger partial charge is 0.254 e. The summed E-state index contributed by atoms with van der Waals surface area (Å²) in [4.78, 5) is 15.9. The second-order valence-electron chi connectivity index (χ2n) is 5.20. The van der Waals surface area contributed by atoms with Crippen LogP contribution in [0.2, 0.25) is 0 Å². The Morgan fingerprint density at radius 2 is 2.08 bits per heavy atom. The molecule has 0 aliphatic heterocycles. The summed E-state index contributed by atoms with van der Waals surface area (Å²) < 4.78 is 10.8. The standard InChI is InChI=1S/C19H23NO3S/c1-5-8-14-11-15(12-17(22-3)18(14)23-4)19(21)20(6-2)13-16-9-7-10-24-16/h5,7-12H,6,13H2,1-4H3/b8-5+. The number of amides is 1. The molecule has 0 aliphatic rings. The van der Waals surface area contributed by atoms with Crippen molar-refractivity contribution >= 4 is 23.3 Å². The summed E-state index contributed by atoms with van der Waals surface area (Å²) >= 11 is 1.65. The molecule has 2 aromatic rings. The van der Waals surface area contributed by atoms with Crippen molar-refractivity contribution in [3.8, 4) is 11.5 Å². The van der Waals surface area contributed by atoms with Gasteiger partial charge in [0.2, 0.25) is 0 Å². The van der Waals surface area contributed by atoms with E-state index in [0.717, 1.165) is 5.56 Å². The maximum absolute atomic E-state index is 12.9. The summed E-state index contributed by atoms with van der Waals surface area (Å²) in [5.74, 6) is 1.18. The second-order valence-corrected chi connectivity index (χ2v) is 6.23. The van der Waals surface area contributed by atoms with Crippen molar-refractivity contribution in [1.29, 1.82) is 0 Å². The molecular weight excluding hydrogens is 322 g/mol. The van der Waals surface area contributed by atoms with E-state index in [2.05, 4.69) is 0 Å². The van der Waals surface area contributed by atoms with Gasteiger partial charge in [0.05, 0.1) is 20.8 Å². The van der Waals surface area contributed by atoms with E-state index in [-0.39, 0.29) is 5.91 Å². The first-order valence-electron chi connectivity index (χ1n) is 7.84. The van der Waals surface area contributed by atoms with Gasteiger partial charge in [0.15, 0.2) is 11.5 Å². The Labute approximate surface area is 147 Å². The van der Waals surface area contributed by atoms with Gasteiger partial charge in [0, 0.05) is 22.5 Å². The molecule has 0 saturated heterocycles. The van der Waals surface area contributed by atoms with Crippen molar-refractivity contribution in [1.82, 2.24) is 4.90 Å². The van der Waals surface area contributed by atoms with E-state index in [4.69, 9.17) is 9.47 Å². The summed E-state index contributed by atoms with van der Waals surface area (Å²) in [5.41, 5.74) is 1.43. The van der Waals surface area contributed by atoms with Crippen LogP contribution in [0.15, 0.2) is 35.7 Å². The molecule has 0 aliphatic carbocycles. The number of thiophene rings is 1. The molecule has 1 aromatic carbocycles. The van der Waals surface area contributed by atoms with E-state index < -0.39 is 0 Å². The van der Waals surface area contributed by atoms with E-state index in [1.54, 1.807) is 31.6 Å². The predicted octanol–water partition coefficient (Wildman–Crippen LogP) is 4.46. The van der Waals surface area contributed by atoms with Gasteiger partial charge in [-0.15, -0.1) is 11.3 Å². The lowest BCUT2D eigenvalue weighted by atomic mass is 10.1. The van der Waals surface area contributed by atoms with E-state index in [0.29, 0.717) is 30.2 Å². The van der Waals surface area contributed by atoms with Crippen molar-refractivity contribution in [2.24, 2.45) is 0 Å². The lowest BCUT2D eigenvalue weighted by molar-refractivity contribution is 0.0753. The average molecular weight is 345 g/mol. The first-order chi connectivity index (χ1) is 11.6. The molecule has 4 nitrogen and oxygen atoms in total. The molecule has 1 aromatic heterocycles. The predicted molar refractivity (Wildman–Crippen MR) is 99.0 cm³/mol. The third-order valence-electron chi connectivity index (χ3n) is 3.70. The average Bonchev–Trinajstić information content (AvgIpc) is 3.11. The van der Waals surface area contributed by atoms with Crippen molar-refractivity contribution < 1.29 is 14.3 Å². The van der Waals surface area contributed by atoms with Crippen LogP contribution in [0.1, 0.15) is 34.6 Å². The lowest BCUT2D eigenvalue weighted by Gasteiger charge is -2.21. The number of ether oxygens (including phenoxy) is 2. The molecule has 24 heavy (non-hydrogen) atoms. The fourth-order valence-electron chi connectivity index (χ4n) is 2.52. The van der Waals surface area contributed by atoms with Gasteiger partial charge in [-0.05, 0) is 37.4 Å². The van der Waals surface area contributed by atoms with Crippen LogP contribution in [0, 0.1) is 0 Å². The Hall–Kier alpha value is -2.27. The number of methoxy groups -OCH3 is 2. The number of carbonyl (C=O) groups excluding carboxylic acids is 1. The van der Waals surface area contributed by atoms with Crippen LogP contribution in [0.25, 0.3) is 6.08 Å². The van der Waals surface area contributed by atoms with Gasteiger partial charge < -0.3 is 14.4 Å². The number of hydrogen-bond donors (Lipinski definition) is 0. The first-order valence-corrected chi connectivity index (χ1v) is 8.72. The van der Waals surface area contributed by atoms with Gasteiger partial charge in [-0.2, -0.15) is 0 Å². The Bertz CT molecular complexity index is 708. The van der Waals surface area contributed by atoms with Gasteiger partial charge in [-0.1, -0.05) is 18.2 Å². The van der Waals surface area contributed by atoms with Crippen LogP contribution >= 0.6 is 11.3 Å². The highest BCUT2D eigenvalue weighted by atomic mass is 32.1. The lowest BCUT2D eigenvalue weighted by Crippen LogP contribution is -2.30. The fourth-order valence-corrected chi connectivity index (χ4v) is 3.24. The second kappa shape index (κ2) is 8.55. The van der Waals surface area contributed by atoms with E-state index in [9.17, 15) is 4.79 Å². The number of hydrogen-bond acceptors (Lipinski definition) is 4. The SMILES string of the molecule is C/C=C/c1cc(C(=O)N(CC)Cc2cccs2)cc(OC)c1OC. The summed E-state index contributed by atoms with van der Waals surface area (Å²) in [5, 5.41) is 2.02. The summed E-state index contributed by atoms with van der Waals surface area (Å²) in [6, 6.07) is 7.63. The van der Waals surface area contributed by atoms with Crippen molar-refractivity contribution in [3.05, 3.63) is 51.7 Å². The Morgan fingerprint density at radius 1 is 1.29 bits per heavy atom. The first kappa shape index (κ1) is 18.1. The molecule has 1 heterocycles. The molecule has 2 rings (SSSR count). The third-order valence-corrected chi connectivity index (χ3v) is 4.56. The highest BCUT2D eigenvalue weighted by Crippen LogP contribution is 2.34. The molecule has 0 atom stereocenters. The minimum Gasteiger partial charge on any atom is -0.493 e. The fraction of sp³-hybridized carbons (Fsp3) is 0.316. The molecule has 0 spiro atoms. The van der Waals surface area contributed by atoms with Crippen LogP contribution in [0.3, 0.4) is 0 Å². The van der Waals surface area contributed by atoms with Gasteiger partial charge in [0.25, 0.3) is 5.91 Å².